The van der Waals surface area contributed by atoms with E-state index in [0.29, 0.717) is 0 Å². The summed E-state index contributed by atoms with van der Waals surface area (Å²) >= 11 is 1.63. The van der Waals surface area contributed by atoms with Crippen LogP contribution in [0.5, 0.6) is 11.5 Å². The molecule has 6 nitrogen and oxygen atoms in total. The number of nitrogens with zero attached hydrogens (tertiary/aromatic N) is 1. The third-order valence-corrected chi connectivity index (χ3v) is 4.49. The molecule has 0 aromatic heterocycles. The van der Waals surface area contributed by atoms with E-state index in [1.54, 1.807) is 17.8 Å². The van der Waals surface area contributed by atoms with Gasteiger partial charge >= 0.3 is 5.91 Å². The number of phenolic OH excluding ortho intramolecular Hbond substituents is 1. The fourth-order valence-corrected chi connectivity index (χ4v) is 2.62. The SMILES string of the molecule is CSc1ccc(/C=C/C(=O)c2ccc(OC(C)(C)C(=O)N=O)cc2O)cc1. The average molecular weight is 385 g/mol. The van der Waals surface area contributed by atoms with E-state index in [-0.39, 0.29) is 22.8 Å². The second-order valence-corrected chi connectivity index (χ2v) is 7.04. The van der Waals surface area contributed by atoms with E-state index in [0.717, 1.165) is 10.5 Å². The van der Waals surface area contributed by atoms with Crippen LogP contribution in [0.3, 0.4) is 0 Å². The van der Waals surface area contributed by atoms with Gasteiger partial charge in [0.1, 0.15) is 11.5 Å². The molecule has 0 heterocycles. The molecule has 0 aliphatic rings. The van der Waals surface area contributed by atoms with Crippen LogP contribution in [0.15, 0.2) is 58.6 Å². The predicted octanol–water partition coefficient (Wildman–Crippen LogP) is 4.46. The summed E-state index contributed by atoms with van der Waals surface area (Å²) in [5.74, 6) is -1.50. The summed E-state index contributed by atoms with van der Waals surface area (Å²) < 4.78 is 5.39. The molecular formula is C20H19NO5S. The number of ether oxygens (including phenoxy) is 1. The quantitative estimate of drug-likeness (QED) is 0.327. The topological polar surface area (TPSA) is 93.0 Å². The monoisotopic (exact) mass is 385 g/mol. The van der Waals surface area contributed by atoms with Crippen molar-refractivity contribution in [2.45, 2.75) is 24.3 Å². The first-order valence-electron chi connectivity index (χ1n) is 8.03. The Hall–Kier alpha value is -2.93. The zero-order chi connectivity index (χ0) is 20.0. The van der Waals surface area contributed by atoms with E-state index in [4.69, 9.17) is 4.74 Å². The van der Waals surface area contributed by atoms with Gasteiger partial charge in [-0.25, -0.2) is 0 Å². The minimum Gasteiger partial charge on any atom is -0.507 e. The summed E-state index contributed by atoms with van der Waals surface area (Å²) in [6.45, 7) is 2.77. The number of nitroso groups, excluding NO2 is 1. The summed E-state index contributed by atoms with van der Waals surface area (Å²) in [6, 6.07) is 11.7. The van der Waals surface area contributed by atoms with Crippen molar-refractivity contribution in [1.82, 2.24) is 0 Å². The fraction of sp³-hybridized carbons (Fsp3) is 0.200. The Morgan fingerprint density at radius 1 is 1.15 bits per heavy atom. The number of benzene rings is 2. The molecule has 2 rings (SSSR count). The van der Waals surface area contributed by atoms with Crippen molar-refractivity contribution >= 4 is 29.5 Å². The maximum Gasteiger partial charge on any atom is 0.328 e. The number of allylic oxidation sites excluding steroid dienone is 1. The van der Waals surface area contributed by atoms with Crippen LogP contribution in [0.1, 0.15) is 29.8 Å². The maximum absolute atomic E-state index is 12.3. The molecule has 1 amide bonds. The number of carbonyl (C=O) groups is 2. The summed E-state index contributed by atoms with van der Waals surface area (Å²) in [6.07, 6.45) is 5.01. The van der Waals surface area contributed by atoms with Gasteiger partial charge in [0.15, 0.2) is 11.4 Å². The van der Waals surface area contributed by atoms with E-state index in [1.165, 1.54) is 38.1 Å². The molecule has 0 spiro atoms. The van der Waals surface area contributed by atoms with Crippen molar-refractivity contribution in [2.75, 3.05) is 6.26 Å². The van der Waals surface area contributed by atoms with E-state index in [1.807, 2.05) is 30.5 Å². The molecule has 140 valence electrons. The van der Waals surface area contributed by atoms with Crippen LogP contribution in [0, 0.1) is 4.91 Å². The van der Waals surface area contributed by atoms with Crippen LogP contribution < -0.4 is 4.74 Å². The molecule has 0 fully saturated rings. The van der Waals surface area contributed by atoms with Gasteiger partial charge in [-0.05, 0) is 56.0 Å². The van der Waals surface area contributed by atoms with Crippen LogP contribution >= 0.6 is 11.8 Å². The number of hydrogen-bond acceptors (Lipinski definition) is 6. The fourth-order valence-electron chi connectivity index (χ4n) is 2.21. The van der Waals surface area contributed by atoms with Gasteiger partial charge in [-0.3, -0.25) is 9.59 Å². The number of rotatable bonds is 7. The number of carbonyl (C=O) groups excluding carboxylic acids is 2. The minimum absolute atomic E-state index is 0.0944. The maximum atomic E-state index is 12.3. The molecule has 0 aliphatic heterocycles. The van der Waals surface area contributed by atoms with Gasteiger partial charge in [-0.15, -0.1) is 16.7 Å². The number of hydrogen-bond donors (Lipinski definition) is 1. The number of aromatic hydroxyl groups is 1. The lowest BCUT2D eigenvalue weighted by Gasteiger charge is -2.21. The van der Waals surface area contributed by atoms with Gasteiger partial charge in [0, 0.05) is 16.1 Å². The van der Waals surface area contributed by atoms with Gasteiger partial charge in [0.25, 0.3) is 0 Å². The third kappa shape index (κ3) is 5.27. The zero-order valence-electron chi connectivity index (χ0n) is 15.1. The van der Waals surface area contributed by atoms with Gasteiger partial charge in [-0.1, -0.05) is 18.2 Å². The van der Waals surface area contributed by atoms with Gasteiger partial charge in [-0.2, -0.15) is 0 Å². The van der Waals surface area contributed by atoms with Crippen LogP contribution in [0.2, 0.25) is 0 Å². The Bertz CT molecular complexity index is 888. The molecule has 1 N–H and O–H groups in total. The van der Waals surface area contributed by atoms with Crippen molar-refractivity contribution in [3.63, 3.8) is 0 Å². The second-order valence-electron chi connectivity index (χ2n) is 6.16. The van der Waals surface area contributed by atoms with Crippen LogP contribution in [0.25, 0.3) is 6.08 Å². The molecule has 0 radical (unpaired) electrons. The highest BCUT2D eigenvalue weighted by atomic mass is 32.2. The predicted molar refractivity (Wildman–Crippen MR) is 105 cm³/mol. The first-order valence-corrected chi connectivity index (χ1v) is 9.25. The zero-order valence-corrected chi connectivity index (χ0v) is 15.9. The van der Waals surface area contributed by atoms with Crippen LogP contribution in [-0.4, -0.2) is 28.7 Å². The second kappa shape index (κ2) is 8.64. The highest BCUT2D eigenvalue weighted by Gasteiger charge is 2.31. The molecule has 0 bridgehead atoms. The Morgan fingerprint density at radius 2 is 1.81 bits per heavy atom. The Kier molecular flexibility index (Phi) is 6.52. The first-order chi connectivity index (χ1) is 12.8. The lowest BCUT2D eigenvalue weighted by atomic mass is 10.1. The molecule has 0 unspecified atom stereocenters. The minimum atomic E-state index is -1.47. The van der Waals surface area contributed by atoms with Crippen molar-refractivity contribution in [3.05, 3.63) is 64.6 Å². The summed E-state index contributed by atoms with van der Waals surface area (Å²) in [5.41, 5.74) is -0.512. The molecular weight excluding hydrogens is 366 g/mol. The number of amides is 1. The van der Waals surface area contributed by atoms with E-state index < -0.39 is 11.5 Å². The smallest absolute Gasteiger partial charge is 0.328 e. The normalized spacial score (nSPS) is 11.4. The van der Waals surface area contributed by atoms with Crippen molar-refractivity contribution < 1.29 is 19.4 Å². The molecule has 7 heteroatoms. The van der Waals surface area contributed by atoms with E-state index in [2.05, 4.69) is 5.18 Å². The third-order valence-electron chi connectivity index (χ3n) is 3.75. The summed E-state index contributed by atoms with van der Waals surface area (Å²) in [4.78, 5) is 35.3. The van der Waals surface area contributed by atoms with Crippen molar-refractivity contribution in [3.8, 4) is 11.5 Å². The number of thioether (sulfide) groups is 1. The molecule has 0 aliphatic carbocycles. The van der Waals surface area contributed by atoms with Gasteiger partial charge < -0.3 is 9.84 Å². The summed E-state index contributed by atoms with van der Waals surface area (Å²) in [5, 5.41) is 12.5. The van der Waals surface area contributed by atoms with Gasteiger partial charge in [0.2, 0.25) is 0 Å². The van der Waals surface area contributed by atoms with E-state index in [9.17, 15) is 19.6 Å². The first kappa shape index (κ1) is 20.4. The Balaban J connectivity index is 2.14. The molecule has 27 heavy (non-hydrogen) atoms. The highest BCUT2D eigenvalue weighted by molar-refractivity contribution is 7.98. The lowest BCUT2D eigenvalue weighted by Crippen LogP contribution is -2.36. The molecule has 0 atom stereocenters. The molecule has 0 saturated heterocycles. The highest BCUT2D eigenvalue weighted by Crippen LogP contribution is 2.27. The van der Waals surface area contributed by atoms with Gasteiger partial charge in [0.05, 0.1) is 5.56 Å². The lowest BCUT2D eigenvalue weighted by molar-refractivity contribution is -0.130. The number of ketones is 1. The largest absolute Gasteiger partial charge is 0.507 e. The molecule has 2 aromatic rings. The van der Waals surface area contributed by atoms with E-state index >= 15 is 0 Å². The Morgan fingerprint density at radius 3 is 2.37 bits per heavy atom. The van der Waals surface area contributed by atoms with Crippen LogP contribution in [-0.2, 0) is 4.79 Å². The van der Waals surface area contributed by atoms with Crippen molar-refractivity contribution in [1.29, 1.82) is 0 Å². The van der Waals surface area contributed by atoms with Crippen molar-refractivity contribution in [2.24, 2.45) is 5.18 Å². The summed E-state index contributed by atoms with van der Waals surface area (Å²) in [7, 11) is 0. The standard InChI is InChI=1S/C20H19NO5S/c1-20(2,19(24)21-25)26-14-7-10-16(18(23)12-14)17(22)11-6-13-4-8-15(27-3)9-5-13/h4-12,23H,1-3H3/b11-6+. The molecule has 2 aromatic carbocycles. The Labute approximate surface area is 161 Å². The van der Waals surface area contributed by atoms with Crippen LogP contribution in [0.4, 0.5) is 0 Å². The molecule has 0 saturated carbocycles. The number of phenols is 1. The average Bonchev–Trinajstić information content (AvgIpc) is 2.65.